The molecular formula is C12H14O3. The number of para-hydroxylation sites is 1. The van der Waals surface area contributed by atoms with Gasteiger partial charge in [0.1, 0.15) is 0 Å². The molecule has 0 aliphatic carbocycles. The molecule has 0 amide bonds. The van der Waals surface area contributed by atoms with E-state index in [0.29, 0.717) is 11.2 Å². The maximum Gasteiger partial charge on any atom is 0.519 e. The molecule has 0 aliphatic heterocycles. The van der Waals surface area contributed by atoms with Crippen LogP contribution in [0.4, 0.5) is 0 Å². The van der Waals surface area contributed by atoms with Gasteiger partial charge >= 0.3 is 5.82 Å². The predicted octanol–water partition coefficient (Wildman–Crippen LogP) is 3.07. The van der Waals surface area contributed by atoms with E-state index in [1.165, 1.54) is 0 Å². The lowest BCUT2D eigenvalue weighted by atomic mass is 9.82. The molecule has 0 atom stereocenters. The second-order valence-electron chi connectivity index (χ2n) is 4.32. The Hall–Kier alpha value is -1.51. The largest absolute Gasteiger partial charge is 0.519 e. The average molecular weight is 206 g/mol. The first-order chi connectivity index (χ1) is 7.04. The molecule has 0 aliphatic rings. The third-order valence-corrected chi connectivity index (χ3v) is 2.97. The van der Waals surface area contributed by atoms with Gasteiger partial charge in [-0.05, 0) is 17.9 Å². The Balaban J connectivity index is 2.76. The first-order valence-electron chi connectivity index (χ1n) is 5.08. The summed E-state index contributed by atoms with van der Waals surface area (Å²) >= 11 is 0. The van der Waals surface area contributed by atoms with Crippen molar-refractivity contribution in [3.63, 3.8) is 0 Å². The fraction of sp³-hybridized carbons (Fsp3) is 0.417. The molecule has 0 spiro atoms. The highest BCUT2D eigenvalue weighted by molar-refractivity contribution is 5.75. The van der Waals surface area contributed by atoms with Crippen molar-refractivity contribution >= 4 is 11.2 Å². The molecule has 3 nitrogen and oxygen atoms in total. The number of hydrogen-bond donors (Lipinski definition) is 0. The van der Waals surface area contributed by atoms with Crippen LogP contribution in [0.25, 0.3) is 11.2 Å². The van der Waals surface area contributed by atoms with Crippen molar-refractivity contribution < 1.29 is 8.83 Å². The number of hydrogen-bond acceptors (Lipinski definition) is 3. The molecule has 1 heterocycles. The van der Waals surface area contributed by atoms with E-state index in [1.807, 2.05) is 12.1 Å². The lowest BCUT2D eigenvalue weighted by Gasteiger charge is -2.22. The third-order valence-electron chi connectivity index (χ3n) is 2.97. The summed E-state index contributed by atoms with van der Waals surface area (Å²) in [6.07, 6.45) is 0.973. The van der Waals surface area contributed by atoms with Crippen molar-refractivity contribution in [1.82, 2.24) is 0 Å². The maximum atomic E-state index is 11.0. The van der Waals surface area contributed by atoms with Crippen LogP contribution in [0, 0.1) is 0 Å². The molecule has 0 N–H and O–H groups in total. The van der Waals surface area contributed by atoms with E-state index in [2.05, 4.69) is 20.8 Å². The van der Waals surface area contributed by atoms with Gasteiger partial charge in [0.15, 0.2) is 11.2 Å². The molecule has 1 aromatic heterocycles. The molecule has 0 radical (unpaired) electrons. The molecule has 0 fully saturated rings. The highest BCUT2D eigenvalue weighted by Gasteiger charge is 2.23. The van der Waals surface area contributed by atoms with Crippen LogP contribution in [-0.2, 0) is 5.41 Å². The number of benzene rings is 1. The van der Waals surface area contributed by atoms with Crippen molar-refractivity contribution in [2.75, 3.05) is 0 Å². The van der Waals surface area contributed by atoms with Gasteiger partial charge in [0.2, 0.25) is 0 Å². The Morgan fingerprint density at radius 2 is 2.00 bits per heavy atom. The van der Waals surface area contributed by atoms with Crippen molar-refractivity contribution in [2.24, 2.45) is 0 Å². The van der Waals surface area contributed by atoms with Crippen LogP contribution in [-0.4, -0.2) is 0 Å². The minimum Gasteiger partial charge on any atom is -0.391 e. The lowest BCUT2D eigenvalue weighted by Crippen LogP contribution is -2.15. The summed E-state index contributed by atoms with van der Waals surface area (Å²) in [7, 11) is 0. The van der Waals surface area contributed by atoms with Crippen LogP contribution in [0.3, 0.4) is 0 Å². The number of fused-ring (bicyclic) bond motifs is 1. The summed E-state index contributed by atoms with van der Waals surface area (Å²) in [5.41, 5.74) is 2.11. The molecule has 0 bridgehead atoms. The average Bonchev–Trinajstić information content (AvgIpc) is 2.57. The quantitative estimate of drug-likeness (QED) is 0.758. The van der Waals surface area contributed by atoms with E-state index >= 15 is 0 Å². The lowest BCUT2D eigenvalue weighted by molar-refractivity contribution is 0.405. The number of rotatable bonds is 2. The summed E-state index contributed by atoms with van der Waals surface area (Å²) in [6.45, 7) is 6.35. The van der Waals surface area contributed by atoms with E-state index in [0.717, 1.165) is 12.0 Å². The summed E-state index contributed by atoms with van der Waals surface area (Å²) in [6, 6.07) is 5.60. The zero-order chi connectivity index (χ0) is 11.1. The third kappa shape index (κ3) is 1.58. The van der Waals surface area contributed by atoms with Gasteiger partial charge in [-0.1, -0.05) is 32.9 Å². The normalized spacial score (nSPS) is 12.2. The minimum absolute atomic E-state index is 0.0146. The van der Waals surface area contributed by atoms with Crippen LogP contribution in [0.2, 0.25) is 0 Å². The van der Waals surface area contributed by atoms with Gasteiger partial charge < -0.3 is 8.83 Å². The van der Waals surface area contributed by atoms with Gasteiger partial charge in [-0.3, -0.25) is 0 Å². The Morgan fingerprint density at radius 1 is 1.27 bits per heavy atom. The second kappa shape index (κ2) is 3.26. The van der Waals surface area contributed by atoms with E-state index in [-0.39, 0.29) is 5.41 Å². The molecule has 0 unspecified atom stereocenters. The first-order valence-corrected chi connectivity index (χ1v) is 5.08. The molecule has 3 heteroatoms. The van der Waals surface area contributed by atoms with Crippen LogP contribution < -0.4 is 5.82 Å². The molecule has 0 saturated carbocycles. The zero-order valence-electron chi connectivity index (χ0n) is 9.16. The summed E-state index contributed by atoms with van der Waals surface area (Å²) in [5, 5.41) is 0. The van der Waals surface area contributed by atoms with Crippen LogP contribution >= 0.6 is 0 Å². The molecule has 2 rings (SSSR count). The molecule has 80 valence electrons. The fourth-order valence-corrected chi connectivity index (χ4v) is 1.62. The second-order valence-corrected chi connectivity index (χ2v) is 4.32. The summed E-state index contributed by atoms with van der Waals surface area (Å²) < 4.78 is 9.99. The molecule has 0 saturated heterocycles. The van der Waals surface area contributed by atoms with Crippen molar-refractivity contribution in [3.8, 4) is 0 Å². The monoisotopic (exact) mass is 206 g/mol. The summed E-state index contributed by atoms with van der Waals surface area (Å²) in [4.78, 5) is 11.0. The Labute approximate surface area is 87.7 Å². The summed E-state index contributed by atoms with van der Waals surface area (Å²) in [5.74, 6) is -0.635. The van der Waals surface area contributed by atoms with E-state index in [4.69, 9.17) is 8.83 Å². The molecule has 2 aromatic rings. The predicted molar refractivity (Wildman–Crippen MR) is 58.1 cm³/mol. The molecular weight excluding hydrogens is 192 g/mol. The van der Waals surface area contributed by atoms with Crippen molar-refractivity contribution in [2.45, 2.75) is 32.6 Å². The highest BCUT2D eigenvalue weighted by atomic mass is 16.6. The van der Waals surface area contributed by atoms with Crippen LogP contribution in [0.15, 0.2) is 31.8 Å². The van der Waals surface area contributed by atoms with Gasteiger partial charge in [-0.25, -0.2) is 4.79 Å². The standard InChI is InChI=1S/C12H14O3/c1-4-12(2,3)8-6-5-7-9-10(8)15-11(13)14-9/h5-7H,4H2,1-3H3. The van der Waals surface area contributed by atoms with Crippen LogP contribution in [0.5, 0.6) is 0 Å². The SMILES string of the molecule is CCC(C)(C)c1cccc2oc(=O)oc12. The Kier molecular flexibility index (Phi) is 2.18. The van der Waals surface area contributed by atoms with E-state index in [9.17, 15) is 4.79 Å². The van der Waals surface area contributed by atoms with E-state index in [1.54, 1.807) is 6.07 Å². The minimum atomic E-state index is -0.635. The van der Waals surface area contributed by atoms with Crippen molar-refractivity contribution in [3.05, 3.63) is 34.4 Å². The highest BCUT2D eigenvalue weighted by Crippen LogP contribution is 2.32. The smallest absolute Gasteiger partial charge is 0.391 e. The fourth-order valence-electron chi connectivity index (χ4n) is 1.62. The first kappa shape index (κ1) is 10.0. The van der Waals surface area contributed by atoms with Gasteiger partial charge in [-0.15, -0.1) is 0 Å². The van der Waals surface area contributed by atoms with Gasteiger partial charge in [0.25, 0.3) is 0 Å². The van der Waals surface area contributed by atoms with E-state index < -0.39 is 5.82 Å². The Morgan fingerprint density at radius 3 is 2.67 bits per heavy atom. The van der Waals surface area contributed by atoms with Gasteiger partial charge in [0.05, 0.1) is 0 Å². The topological polar surface area (TPSA) is 43.4 Å². The zero-order valence-corrected chi connectivity index (χ0v) is 9.16. The van der Waals surface area contributed by atoms with Crippen molar-refractivity contribution in [1.29, 1.82) is 0 Å². The van der Waals surface area contributed by atoms with Gasteiger partial charge in [-0.2, -0.15) is 0 Å². The molecule has 15 heavy (non-hydrogen) atoms. The van der Waals surface area contributed by atoms with Gasteiger partial charge in [0, 0.05) is 5.56 Å². The van der Waals surface area contributed by atoms with Crippen LogP contribution in [0.1, 0.15) is 32.8 Å². The Bertz CT molecular complexity index is 531. The molecule has 1 aromatic carbocycles. The maximum absolute atomic E-state index is 11.0.